The van der Waals surface area contributed by atoms with E-state index in [1.807, 2.05) is 6.07 Å². The van der Waals surface area contributed by atoms with Crippen LogP contribution in [-0.2, 0) is 21.3 Å². The average Bonchev–Trinajstić information content (AvgIpc) is 3.38. The standard InChI is InChI=1S/C24H25N3O5S/c1-24(2,3)32-23(28)26(4)15-17-13-20(18-9-11-25-12-10-18)27(16-17)33(29,30)22-14-19-7-5-6-8-21(19)31-22/h5-14,16H,15H2,1-4H3. The lowest BCUT2D eigenvalue weighted by Crippen LogP contribution is -2.33. The predicted octanol–water partition coefficient (Wildman–Crippen LogP) is 4.90. The molecule has 0 fully saturated rings. The van der Waals surface area contributed by atoms with Gasteiger partial charge in [0, 0.05) is 42.7 Å². The molecular weight excluding hydrogens is 442 g/mol. The second-order valence-corrected chi connectivity index (χ2v) is 10.5. The van der Waals surface area contributed by atoms with Crippen LogP contribution in [0.3, 0.4) is 0 Å². The SMILES string of the molecule is CN(Cc1cc(-c2ccncc2)n(S(=O)(=O)c2cc3ccccc3o2)c1)C(=O)OC(C)(C)C. The van der Waals surface area contributed by atoms with Crippen molar-refractivity contribution in [3.05, 3.63) is 72.7 Å². The zero-order chi connectivity index (χ0) is 23.8. The van der Waals surface area contributed by atoms with Gasteiger partial charge in [0.25, 0.3) is 0 Å². The smallest absolute Gasteiger partial charge is 0.410 e. The van der Waals surface area contributed by atoms with Crippen molar-refractivity contribution in [1.82, 2.24) is 13.9 Å². The molecule has 0 aliphatic heterocycles. The van der Waals surface area contributed by atoms with Gasteiger partial charge in [0.05, 0.1) is 12.2 Å². The van der Waals surface area contributed by atoms with Crippen molar-refractivity contribution >= 4 is 27.1 Å². The molecule has 0 N–H and O–H groups in total. The fourth-order valence-corrected chi connectivity index (χ4v) is 4.73. The number of para-hydroxylation sites is 1. The highest BCUT2D eigenvalue weighted by Gasteiger charge is 2.27. The molecule has 4 aromatic rings. The highest BCUT2D eigenvalue weighted by Crippen LogP contribution is 2.30. The molecule has 8 nitrogen and oxygen atoms in total. The molecule has 1 amide bonds. The van der Waals surface area contributed by atoms with Crippen LogP contribution in [0.15, 0.2) is 76.6 Å². The first kappa shape index (κ1) is 22.6. The summed E-state index contributed by atoms with van der Waals surface area (Å²) in [6.45, 7) is 5.53. The van der Waals surface area contributed by atoms with Crippen LogP contribution in [0.25, 0.3) is 22.2 Å². The second kappa shape index (κ2) is 8.40. The molecule has 0 atom stereocenters. The summed E-state index contributed by atoms with van der Waals surface area (Å²) in [5.41, 5.74) is 1.57. The maximum Gasteiger partial charge on any atom is 0.410 e. The molecule has 1 aromatic carbocycles. The first-order chi connectivity index (χ1) is 15.5. The number of hydrogen-bond donors (Lipinski definition) is 0. The fraction of sp³-hybridized carbons (Fsp3) is 0.250. The van der Waals surface area contributed by atoms with E-state index in [0.717, 1.165) is 0 Å². The third-order valence-electron chi connectivity index (χ3n) is 4.86. The van der Waals surface area contributed by atoms with Gasteiger partial charge in [0.2, 0.25) is 5.09 Å². The Labute approximate surface area is 192 Å². The molecule has 9 heteroatoms. The molecule has 172 valence electrons. The minimum atomic E-state index is -4.05. The van der Waals surface area contributed by atoms with Gasteiger partial charge < -0.3 is 14.1 Å². The Hall–Kier alpha value is -3.59. The Kier molecular flexibility index (Phi) is 5.75. The van der Waals surface area contributed by atoms with Gasteiger partial charge in [-0.2, -0.15) is 8.42 Å². The second-order valence-electron chi connectivity index (χ2n) is 8.71. The summed E-state index contributed by atoms with van der Waals surface area (Å²) >= 11 is 0. The van der Waals surface area contributed by atoms with Crippen molar-refractivity contribution in [3.8, 4) is 11.3 Å². The third-order valence-corrected chi connectivity index (χ3v) is 6.39. The van der Waals surface area contributed by atoms with Crippen LogP contribution >= 0.6 is 0 Å². The lowest BCUT2D eigenvalue weighted by atomic mass is 10.2. The van der Waals surface area contributed by atoms with Crippen LogP contribution in [0.1, 0.15) is 26.3 Å². The number of fused-ring (bicyclic) bond motifs is 1. The number of carbonyl (C=O) groups is 1. The van der Waals surface area contributed by atoms with Crippen molar-refractivity contribution < 1.29 is 22.4 Å². The zero-order valence-corrected chi connectivity index (χ0v) is 19.7. The summed E-state index contributed by atoms with van der Waals surface area (Å²) in [4.78, 5) is 17.8. The van der Waals surface area contributed by atoms with Gasteiger partial charge >= 0.3 is 16.1 Å². The number of pyridine rings is 1. The van der Waals surface area contributed by atoms with E-state index in [1.54, 1.807) is 76.6 Å². The summed E-state index contributed by atoms with van der Waals surface area (Å²) in [6, 6.07) is 13.8. The molecular formula is C24H25N3O5S. The number of ether oxygens (including phenoxy) is 1. The molecule has 0 saturated carbocycles. The molecule has 3 heterocycles. The maximum absolute atomic E-state index is 13.6. The average molecular weight is 468 g/mol. The number of benzene rings is 1. The zero-order valence-electron chi connectivity index (χ0n) is 18.8. The quantitative estimate of drug-likeness (QED) is 0.414. The maximum atomic E-state index is 13.6. The van der Waals surface area contributed by atoms with E-state index in [0.29, 0.717) is 27.8 Å². The van der Waals surface area contributed by atoms with Crippen molar-refractivity contribution in [3.63, 3.8) is 0 Å². The molecule has 0 unspecified atom stereocenters. The summed E-state index contributed by atoms with van der Waals surface area (Å²) in [5.74, 6) is 0. The topological polar surface area (TPSA) is 94.6 Å². The number of nitrogens with zero attached hydrogens (tertiary/aromatic N) is 3. The fourth-order valence-electron chi connectivity index (χ4n) is 3.38. The van der Waals surface area contributed by atoms with E-state index in [4.69, 9.17) is 9.15 Å². The van der Waals surface area contributed by atoms with Crippen LogP contribution in [-0.4, -0.2) is 41.0 Å². The van der Waals surface area contributed by atoms with E-state index in [1.165, 1.54) is 21.1 Å². The van der Waals surface area contributed by atoms with Crippen LogP contribution in [0.5, 0.6) is 0 Å². The summed E-state index contributed by atoms with van der Waals surface area (Å²) in [5, 5.41) is 0.528. The highest BCUT2D eigenvalue weighted by atomic mass is 32.2. The summed E-state index contributed by atoms with van der Waals surface area (Å²) < 4.78 is 39.4. The minimum absolute atomic E-state index is 0.162. The molecule has 3 aromatic heterocycles. The number of carbonyl (C=O) groups excluding carboxylic acids is 1. The third kappa shape index (κ3) is 4.78. The largest absolute Gasteiger partial charge is 0.444 e. The number of amides is 1. The van der Waals surface area contributed by atoms with E-state index in [2.05, 4.69) is 4.98 Å². The van der Waals surface area contributed by atoms with Crippen molar-refractivity contribution in [2.75, 3.05) is 7.05 Å². The Morgan fingerprint density at radius 3 is 2.48 bits per heavy atom. The van der Waals surface area contributed by atoms with Crippen LogP contribution in [0, 0.1) is 0 Å². The molecule has 0 radical (unpaired) electrons. The van der Waals surface area contributed by atoms with E-state index >= 15 is 0 Å². The molecule has 4 rings (SSSR count). The van der Waals surface area contributed by atoms with Gasteiger partial charge in [-0.15, -0.1) is 0 Å². The lowest BCUT2D eigenvalue weighted by Gasteiger charge is -2.24. The van der Waals surface area contributed by atoms with Crippen molar-refractivity contribution in [2.24, 2.45) is 0 Å². The molecule has 0 saturated heterocycles. The van der Waals surface area contributed by atoms with Crippen molar-refractivity contribution in [2.45, 2.75) is 38.0 Å². The van der Waals surface area contributed by atoms with E-state index in [9.17, 15) is 13.2 Å². The normalized spacial score (nSPS) is 12.1. The van der Waals surface area contributed by atoms with E-state index < -0.39 is 21.7 Å². The number of furan rings is 1. The molecule has 0 bridgehead atoms. The first-order valence-corrected chi connectivity index (χ1v) is 11.8. The molecule has 0 aliphatic carbocycles. The van der Waals surface area contributed by atoms with Crippen LogP contribution in [0.2, 0.25) is 0 Å². The molecule has 33 heavy (non-hydrogen) atoms. The molecule has 0 spiro atoms. The Bertz CT molecular complexity index is 1370. The number of rotatable bonds is 5. The van der Waals surface area contributed by atoms with Crippen LogP contribution in [0.4, 0.5) is 4.79 Å². The minimum Gasteiger partial charge on any atom is -0.444 e. The highest BCUT2D eigenvalue weighted by molar-refractivity contribution is 7.89. The molecule has 0 aliphatic rings. The number of hydrogen-bond acceptors (Lipinski definition) is 6. The summed E-state index contributed by atoms with van der Waals surface area (Å²) in [6.07, 6.45) is 4.18. The first-order valence-electron chi connectivity index (χ1n) is 10.3. The lowest BCUT2D eigenvalue weighted by molar-refractivity contribution is 0.0285. The van der Waals surface area contributed by atoms with Gasteiger partial charge in [-0.25, -0.2) is 8.77 Å². The Balaban J connectivity index is 1.75. The van der Waals surface area contributed by atoms with Gasteiger partial charge in [0.1, 0.15) is 11.2 Å². The number of aromatic nitrogens is 2. The van der Waals surface area contributed by atoms with E-state index in [-0.39, 0.29) is 11.6 Å². The van der Waals surface area contributed by atoms with Gasteiger partial charge in [0.15, 0.2) is 0 Å². The van der Waals surface area contributed by atoms with Crippen molar-refractivity contribution in [1.29, 1.82) is 0 Å². The predicted molar refractivity (Wildman–Crippen MR) is 124 cm³/mol. The van der Waals surface area contributed by atoms with Gasteiger partial charge in [-0.1, -0.05) is 18.2 Å². The Morgan fingerprint density at radius 1 is 1.12 bits per heavy atom. The summed E-state index contributed by atoms with van der Waals surface area (Å²) in [7, 11) is -2.45. The Morgan fingerprint density at radius 2 is 1.82 bits per heavy atom. The van der Waals surface area contributed by atoms with Gasteiger partial charge in [-0.05, 0) is 50.6 Å². The van der Waals surface area contributed by atoms with Gasteiger partial charge in [-0.3, -0.25) is 4.98 Å². The van der Waals surface area contributed by atoms with Crippen LogP contribution < -0.4 is 0 Å². The monoisotopic (exact) mass is 467 g/mol.